The van der Waals surface area contributed by atoms with Crippen molar-refractivity contribution in [1.29, 1.82) is 0 Å². The standard InChI is InChI=1S/C70H117NO8/c1-3-5-7-9-11-13-15-17-19-21-23-25-27-29-31-32-34-36-38-40-42-44-46-48-50-52-54-56-58-60-66(74)71-63(62-78-70-69(77)68(76)67(75)65(61-72)79-70)64(73)59-57-55-53-51-49-47-45-43-41-39-37-35-33-30-28-26-24-22-20-18-16-14-12-10-8-6-4-2/h5,7,11,13,17,19,23,25,29,31,34,36,40-43,46,48-49,51,57,59,63-65,67-70,72-73,75-77H,3-4,6,8-10,12,14-16,18,20-22,24,26-28,30,32-33,35,37-39,44-45,47,50,52-56,58,60-62H2,1-2H3,(H,71,74)/b7-5-,13-11-,19-17-,25-23-,31-29-,36-34-,42-40-,43-41+,48-46-,51-49+,59-57+. The van der Waals surface area contributed by atoms with Gasteiger partial charge in [0.25, 0.3) is 0 Å². The number of nitrogens with one attached hydrogen (secondary N) is 1. The fraction of sp³-hybridized carbons (Fsp3) is 0.671. The molecule has 1 aliphatic rings. The maximum atomic E-state index is 13.1. The van der Waals surface area contributed by atoms with Gasteiger partial charge in [-0.3, -0.25) is 4.79 Å². The first-order chi connectivity index (χ1) is 38.8. The van der Waals surface area contributed by atoms with E-state index < -0.39 is 49.5 Å². The van der Waals surface area contributed by atoms with Gasteiger partial charge >= 0.3 is 0 Å². The fourth-order valence-electron chi connectivity index (χ4n) is 9.20. The number of carbonyl (C=O) groups excluding carboxylic acids is 1. The highest BCUT2D eigenvalue weighted by Crippen LogP contribution is 2.23. The van der Waals surface area contributed by atoms with Gasteiger partial charge in [-0.05, 0) is 109 Å². The summed E-state index contributed by atoms with van der Waals surface area (Å²) < 4.78 is 11.3. The number of allylic oxidation sites excluding steroid dienone is 21. The smallest absolute Gasteiger partial charge is 0.220 e. The zero-order valence-corrected chi connectivity index (χ0v) is 50.1. The van der Waals surface area contributed by atoms with Gasteiger partial charge in [-0.25, -0.2) is 0 Å². The molecule has 9 heteroatoms. The summed E-state index contributed by atoms with van der Waals surface area (Å²) in [6.07, 6.45) is 81.0. The molecule has 0 bridgehead atoms. The molecule has 450 valence electrons. The highest BCUT2D eigenvalue weighted by atomic mass is 16.7. The van der Waals surface area contributed by atoms with E-state index in [0.29, 0.717) is 19.3 Å². The Hall–Kier alpha value is -3.67. The molecule has 6 N–H and O–H groups in total. The van der Waals surface area contributed by atoms with Crippen LogP contribution in [0.5, 0.6) is 0 Å². The van der Waals surface area contributed by atoms with Crippen LogP contribution in [0.15, 0.2) is 134 Å². The van der Waals surface area contributed by atoms with E-state index in [1.807, 2.05) is 6.08 Å². The van der Waals surface area contributed by atoms with Crippen molar-refractivity contribution < 1.29 is 39.8 Å². The fourth-order valence-corrected chi connectivity index (χ4v) is 9.20. The molecule has 9 nitrogen and oxygen atoms in total. The second-order valence-electron chi connectivity index (χ2n) is 21.4. The van der Waals surface area contributed by atoms with Gasteiger partial charge in [0, 0.05) is 6.42 Å². The van der Waals surface area contributed by atoms with Crippen molar-refractivity contribution in [2.45, 2.75) is 288 Å². The van der Waals surface area contributed by atoms with Gasteiger partial charge in [0.15, 0.2) is 6.29 Å². The van der Waals surface area contributed by atoms with Crippen LogP contribution in [0, 0.1) is 0 Å². The van der Waals surface area contributed by atoms with Crippen LogP contribution in [0.3, 0.4) is 0 Å². The lowest BCUT2D eigenvalue weighted by Crippen LogP contribution is -2.60. The van der Waals surface area contributed by atoms with Crippen LogP contribution in [-0.4, -0.2) is 87.5 Å². The van der Waals surface area contributed by atoms with E-state index in [-0.39, 0.29) is 12.5 Å². The van der Waals surface area contributed by atoms with Crippen molar-refractivity contribution in [2.24, 2.45) is 0 Å². The zero-order chi connectivity index (χ0) is 57.2. The predicted octanol–water partition coefficient (Wildman–Crippen LogP) is 16.9. The molecular weight excluding hydrogens is 983 g/mol. The van der Waals surface area contributed by atoms with Crippen molar-refractivity contribution in [3.63, 3.8) is 0 Å². The molecular formula is C70H117NO8. The largest absolute Gasteiger partial charge is 0.394 e. The third-order valence-corrected chi connectivity index (χ3v) is 14.2. The van der Waals surface area contributed by atoms with Gasteiger partial charge in [0.05, 0.1) is 25.4 Å². The minimum atomic E-state index is -1.59. The van der Waals surface area contributed by atoms with E-state index in [9.17, 15) is 30.3 Å². The summed E-state index contributed by atoms with van der Waals surface area (Å²) in [4.78, 5) is 13.1. The second kappa shape index (κ2) is 57.6. The lowest BCUT2D eigenvalue weighted by molar-refractivity contribution is -0.302. The molecule has 7 unspecified atom stereocenters. The minimum Gasteiger partial charge on any atom is -0.394 e. The highest BCUT2D eigenvalue weighted by Gasteiger charge is 2.44. The zero-order valence-electron chi connectivity index (χ0n) is 50.1. The Morgan fingerprint density at radius 1 is 0.443 bits per heavy atom. The monoisotopic (exact) mass is 1100 g/mol. The molecule has 1 saturated heterocycles. The Morgan fingerprint density at radius 2 is 0.797 bits per heavy atom. The number of carbonyl (C=O) groups is 1. The molecule has 0 aromatic heterocycles. The average Bonchev–Trinajstić information content (AvgIpc) is 3.47. The molecule has 79 heavy (non-hydrogen) atoms. The first-order valence-corrected chi connectivity index (χ1v) is 31.9. The van der Waals surface area contributed by atoms with Crippen molar-refractivity contribution in [3.05, 3.63) is 134 Å². The highest BCUT2D eigenvalue weighted by molar-refractivity contribution is 5.76. The van der Waals surface area contributed by atoms with Crippen molar-refractivity contribution >= 4 is 5.91 Å². The van der Waals surface area contributed by atoms with Crippen LogP contribution in [-0.2, 0) is 14.3 Å². The maximum Gasteiger partial charge on any atom is 0.220 e. The summed E-state index contributed by atoms with van der Waals surface area (Å²) in [5.41, 5.74) is 0. The number of ether oxygens (including phenoxy) is 2. The third kappa shape index (κ3) is 46.6. The van der Waals surface area contributed by atoms with Gasteiger partial charge < -0.3 is 40.3 Å². The van der Waals surface area contributed by atoms with Crippen molar-refractivity contribution in [2.75, 3.05) is 13.2 Å². The Kier molecular flexibility index (Phi) is 53.4. The van der Waals surface area contributed by atoms with Crippen LogP contribution in [0.25, 0.3) is 0 Å². The van der Waals surface area contributed by atoms with E-state index in [0.717, 1.165) is 103 Å². The molecule has 0 spiro atoms. The summed E-state index contributed by atoms with van der Waals surface area (Å²) in [5.74, 6) is -0.220. The SMILES string of the molecule is CC/C=C\C/C=C\C/C=C\C/C=C\C/C=C\C/C=C\C/C=C\C/C=C\CCCCCCC(=O)NC(COC1OC(CO)C(O)C(O)C1O)C(O)/C=C/CC/C=C/CC/C=C/CCCCCCCCCCCCCCCCCCC. The molecule has 0 aromatic rings. The summed E-state index contributed by atoms with van der Waals surface area (Å²) in [6, 6.07) is -0.854. The summed E-state index contributed by atoms with van der Waals surface area (Å²) >= 11 is 0. The molecule has 1 aliphatic heterocycles. The van der Waals surface area contributed by atoms with Gasteiger partial charge in [-0.2, -0.15) is 0 Å². The van der Waals surface area contributed by atoms with Crippen LogP contribution >= 0.6 is 0 Å². The van der Waals surface area contributed by atoms with Gasteiger partial charge in [0.1, 0.15) is 24.4 Å². The number of aliphatic hydroxyl groups is 5. The third-order valence-electron chi connectivity index (χ3n) is 14.2. The Balaban J connectivity index is 2.27. The van der Waals surface area contributed by atoms with Gasteiger partial charge in [0.2, 0.25) is 5.91 Å². The van der Waals surface area contributed by atoms with E-state index >= 15 is 0 Å². The lowest BCUT2D eigenvalue weighted by Gasteiger charge is -2.40. The van der Waals surface area contributed by atoms with E-state index in [2.05, 4.69) is 141 Å². The van der Waals surface area contributed by atoms with Crippen LogP contribution in [0.4, 0.5) is 0 Å². The lowest BCUT2D eigenvalue weighted by atomic mass is 9.99. The number of hydrogen-bond acceptors (Lipinski definition) is 8. The van der Waals surface area contributed by atoms with E-state index in [1.54, 1.807) is 6.08 Å². The van der Waals surface area contributed by atoms with E-state index in [1.165, 1.54) is 109 Å². The number of unbranched alkanes of at least 4 members (excludes halogenated alkanes) is 23. The Bertz CT molecular complexity index is 1700. The van der Waals surface area contributed by atoms with Crippen molar-refractivity contribution in [1.82, 2.24) is 5.32 Å². The number of rotatable bonds is 53. The molecule has 0 aromatic carbocycles. The molecule has 0 saturated carbocycles. The van der Waals surface area contributed by atoms with Crippen molar-refractivity contribution in [3.8, 4) is 0 Å². The van der Waals surface area contributed by atoms with Crippen LogP contribution in [0.1, 0.15) is 245 Å². The molecule has 1 fully saturated rings. The molecule has 0 aliphatic carbocycles. The average molecular weight is 1100 g/mol. The molecule has 1 amide bonds. The quantitative estimate of drug-likeness (QED) is 0.0261. The van der Waals surface area contributed by atoms with Crippen LogP contribution < -0.4 is 5.32 Å². The molecule has 0 radical (unpaired) electrons. The first-order valence-electron chi connectivity index (χ1n) is 31.9. The Labute approximate surface area is 483 Å². The second-order valence-corrected chi connectivity index (χ2v) is 21.4. The summed E-state index contributed by atoms with van der Waals surface area (Å²) in [7, 11) is 0. The molecule has 1 rings (SSSR count). The number of amides is 1. The van der Waals surface area contributed by atoms with Gasteiger partial charge in [-0.1, -0.05) is 263 Å². The number of hydrogen-bond donors (Lipinski definition) is 6. The Morgan fingerprint density at radius 3 is 1.22 bits per heavy atom. The van der Waals surface area contributed by atoms with Gasteiger partial charge in [-0.15, -0.1) is 0 Å². The molecule has 1 heterocycles. The topological polar surface area (TPSA) is 149 Å². The molecule has 7 atom stereocenters. The first kappa shape index (κ1) is 73.3. The predicted molar refractivity (Wildman–Crippen MR) is 336 cm³/mol. The minimum absolute atomic E-state index is 0.220. The summed E-state index contributed by atoms with van der Waals surface area (Å²) in [6.45, 7) is 3.63. The summed E-state index contributed by atoms with van der Waals surface area (Å²) in [5, 5.41) is 54.6. The number of aliphatic hydroxyl groups excluding tert-OH is 5. The van der Waals surface area contributed by atoms with E-state index in [4.69, 9.17) is 9.47 Å². The maximum absolute atomic E-state index is 13.1. The normalized spacial score (nSPS) is 19.5. The van der Waals surface area contributed by atoms with Crippen LogP contribution in [0.2, 0.25) is 0 Å².